The van der Waals surface area contributed by atoms with E-state index in [-0.39, 0.29) is 12.6 Å². The molecule has 0 bridgehead atoms. The second-order valence-corrected chi connectivity index (χ2v) is 8.78. The van der Waals surface area contributed by atoms with Gasteiger partial charge in [0, 0.05) is 25.2 Å². The molecule has 0 aliphatic rings. The first kappa shape index (κ1) is 19.1. The third-order valence-corrected chi connectivity index (χ3v) is 3.72. The molecule has 0 radical (unpaired) electrons. The van der Waals surface area contributed by atoms with Crippen molar-refractivity contribution < 1.29 is 14.4 Å². The molecule has 0 aromatic carbocycles. The van der Waals surface area contributed by atoms with Gasteiger partial charge in [0.05, 0.1) is 19.6 Å². The Hall–Kier alpha value is 0.0700. The average molecular weight is 294 g/mol. The fraction of sp³-hybridized carbons (Fsp3) is 1.00. The van der Waals surface area contributed by atoms with Crippen molar-refractivity contribution in [2.24, 2.45) is 0 Å². The highest BCUT2D eigenvalue weighted by Gasteiger charge is 2.10. The molecule has 0 amide bonds. The Labute approximate surface area is 117 Å². The predicted octanol–water partition coefficient (Wildman–Crippen LogP) is 1.31. The van der Waals surface area contributed by atoms with Crippen LogP contribution < -0.4 is 10.6 Å². The van der Waals surface area contributed by atoms with Crippen molar-refractivity contribution in [2.45, 2.75) is 38.8 Å². The van der Waals surface area contributed by atoms with Crippen molar-refractivity contribution in [3.8, 4) is 0 Å². The number of rotatable bonds is 12. The molecule has 0 rings (SSSR count). The van der Waals surface area contributed by atoms with Crippen LogP contribution in [0.2, 0.25) is 0 Å². The lowest BCUT2D eigenvalue weighted by Crippen LogP contribution is -2.41. The summed E-state index contributed by atoms with van der Waals surface area (Å²) >= 11 is 0. The van der Waals surface area contributed by atoms with E-state index in [1.165, 1.54) is 0 Å². The second-order valence-electron chi connectivity index (χ2n) is 5.37. The zero-order valence-corrected chi connectivity index (χ0v) is 13.7. The van der Waals surface area contributed by atoms with E-state index >= 15 is 0 Å². The maximum Gasteiger partial charge on any atom is 0.106 e. The molecule has 0 aliphatic carbocycles. The Bertz CT molecular complexity index is 254. The molecule has 6 heteroatoms. The molecule has 0 fully saturated rings. The van der Waals surface area contributed by atoms with Crippen molar-refractivity contribution in [2.75, 3.05) is 46.0 Å². The van der Waals surface area contributed by atoms with Gasteiger partial charge in [-0.25, -0.2) is 0 Å². The lowest BCUT2D eigenvalue weighted by atomic mass is 10.2. The molecule has 0 saturated heterocycles. The first-order valence-electron chi connectivity index (χ1n) is 7.12. The van der Waals surface area contributed by atoms with Gasteiger partial charge in [0.1, 0.15) is 7.14 Å². The normalized spacial score (nSPS) is 15.4. The van der Waals surface area contributed by atoms with Gasteiger partial charge in [-0.3, -0.25) is 0 Å². The summed E-state index contributed by atoms with van der Waals surface area (Å²) in [5, 5.41) is 15.7. The van der Waals surface area contributed by atoms with E-state index < -0.39 is 7.14 Å². The minimum atomic E-state index is -2.08. The van der Waals surface area contributed by atoms with E-state index in [4.69, 9.17) is 9.84 Å². The van der Waals surface area contributed by atoms with Gasteiger partial charge < -0.3 is 25.0 Å². The van der Waals surface area contributed by atoms with E-state index in [1.807, 2.05) is 0 Å². The lowest BCUT2D eigenvalue weighted by Gasteiger charge is -2.19. The Morgan fingerprint density at radius 2 is 1.63 bits per heavy atom. The van der Waals surface area contributed by atoms with Crippen molar-refractivity contribution >= 4 is 7.14 Å². The van der Waals surface area contributed by atoms with Crippen LogP contribution in [0.3, 0.4) is 0 Å². The monoisotopic (exact) mass is 294 g/mol. The highest BCUT2D eigenvalue weighted by atomic mass is 31.2. The van der Waals surface area contributed by atoms with Crippen LogP contribution in [0.1, 0.15) is 26.7 Å². The van der Waals surface area contributed by atoms with Crippen LogP contribution in [0, 0.1) is 0 Å². The second kappa shape index (κ2) is 10.8. The maximum absolute atomic E-state index is 11.5. The molecule has 0 heterocycles. The summed E-state index contributed by atoms with van der Waals surface area (Å²) in [7, 11) is -2.08. The van der Waals surface area contributed by atoms with Gasteiger partial charge in [0.25, 0.3) is 0 Å². The molecule has 5 nitrogen and oxygen atoms in total. The molecule has 0 aromatic rings. The average Bonchev–Trinajstić information content (AvgIpc) is 2.35. The molecule has 2 atom stereocenters. The van der Waals surface area contributed by atoms with Crippen LogP contribution in [0.4, 0.5) is 0 Å². The standard InChI is InChI=1S/C13H31N2O3P/c1-5-12(9-16)14-7-8-15-13(6-2)10-18-11-19(3,4)17/h12-16H,5-11H2,1-4H3/t12-,13-/m0/s1. The van der Waals surface area contributed by atoms with Crippen molar-refractivity contribution in [1.82, 2.24) is 10.6 Å². The van der Waals surface area contributed by atoms with Gasteiger partial charge in [-0.2, -0.15) is 0 Å². The number of aliphatic hydroxyl groups excluding tert-OH is 1. The van der Waals surface area contributed by atoms with Gasteiger partial charge >= 0.3 is 0 Å². The van der Waals surface area contributed by atoms with Crippen molar-refractivity contribution in [3.63, 3.8) is 0 Å². The molecule has 116 valence electrons. The first-order chi connectivity index (χ1) is 8.92. The van der Waals surface area contributed by atoms with Crippen molar-refractivity contribution in [1.29, 1.82) is 0 Å². The van der Waals surface area contributed by atoms with E-state index in [0.29, 0.717) is 19.0 Å². The summed E-state index contributed by atoms with van der Waals surface area (Å²) in [6, 6.07) is 0.478. The summed E-state index contributed by atoms with van der Waals surface area (Å²) in [5.41, 5.74) is 0. The fourth-order valence-corrected chi connectivity index (χ4v) is 2.17. The summed E-state index contributed by atoms with van der Waals surface area (Å²) < 4.78 is 17.0. The number of hydrogen-bond acceptors (Lipinski definition) is 5. The third kappa shape index (κ3) is 11.6. The first-order valence-corrected chi connectivity index (χ1v) is 9.90. The fourth-order valence-electron chi connectivity index (χ4n) is 1.63. The molecular formula is C13H31N2O3P. The van der Waals surface area contributed by atoms with E-state index in [2.05, 4.69) is 24.5 Å². The Balaban J connectivity index is 3.67. The maximum atomic E-state index is 11.5. The molecule has 3 N–H and O–H groups in total. The van der Waals surface area contributed by atoms with Gasteiger partial charge in [-0.05, 0) is 26.2 Å². The Morgan fingerprint density at radius 1 is 1.11 bits per heavy atom. The van der Waals surface area contributed by atoms with E-state index in [9.17, 15) is 4.57 Å². The highest BCUT2D eigenvalue weighted by molar-refractivity contribution is 7.62. The van der Waals surface area contributed by atoms with Crippen LogP contribution in [-0.2, 0) is 9.30 Å². The predicted molar refractivity (Wildman–Crippen MR) is 81.5 cm³/mol. The van der Waals surface area contributed by atoms with E-state index in [1.54, 1.807) is 13.3 Å². The topological polar surface area (TPSA) is 70.6 Å². The van der Waals surface area contributed by atoms with Gasteiger partial charge in [0.15, 0.2) is 0 Å². The minimum Gasteiger partial charge on any atom is -0.395 e. The molecular weight excluding hydrogens is 263 g/mol. The Kier molecular flexibility index (Phi) is 10.8. The van der Waals surface area contributed by atoms with E-state index in [0.717, 1.165) is 25.9 Å². The number of ether oxygens (including phenoxy) is 1. The Morgan fingerprint density at radius 3 is 2.05 bits per heavy atom. The van der Waals surface area contributed by atoms with Gasteiger partial charge in [-0.15, -0.1) is 0 Å². The molecule has 0 aliphatic heterocycles. The number of nitrogens with one attached hydrogen (secondary N) is 2. The minimum absolute atomic E-state index is 0.180. The smallest absolute Gasteiger partial charge is 0.106 e. The SMILES string of the molecule is CC[C@@H](CO)NCCN[C@@H](CC)COCP(C)(C)=O. The van der Waals surface area contributed by atoms with Crippen LogP contribution in [0.15, 0.2) is 0 Å². The van der Waals surface area contributed by atoms with Gasteiger partial charge in [0.2, 0.25) is 0 Å². The van der Waals surface area contributed by atoms with Crippen molar-refractivity contribution in [3.05, 3.63) is 0 Å². The van der Waals surface area contributed by atoms with Crippen LogP contribution in [0.25, 0.3) is 0 Å². The third-order valence-electron chi connectivity index (χ3n) is 2.92. The number of aliphatic hydroxyl groups is 1. The number of hydrogen-bond donors (Lipinski definition) is 3. The molecule has 0 spiro atoms. The molecule has 0 unspecified atom stereocenters. The summed E-state index contributed by atoms with van der Waals surface area (Å²) in [6.45, 7) is 10.1. The van der Waals surface area contributed by atoms with Crippen LogP contribution >= 0.6 is 7.14 Å². The summed E-state index contributed by atoms with van der Waals surface area (Å²) in [6.07, 6.45) is 2.26. The van der Waals surface area contributed by atoms with Gasteiger partial charge in [-0.1, -0.05) is 13.8 Å². The zero-order valence-electron chi connectivity index (χ0n) is 12.8. The van der Waals surface area contributed by atoms with Crippen LogP contribution in [0.5, 0.6) is 0 Å². The molecule has 19 heavy (non-hydrogen) atoms. The van der Waals surface area contributed by atoms with Crippen LogP contribution in [-0.4, -0.2) is 63.2 Å². The molecule has 0 aromatic heterocycles. The zero-order chi connectivity index (χ0) is 14.7. The largest absolute Gasteiger partial charge is 0.395 e. The summed E-state index contributed by atoms with van der Waals surface area (Å²) in [4.78, 5) is 0. The lowest BCUT2D eigenvalue weighted by molar-refractivity contribution is 0.146. The summed E-state index contributed by atoms with van der Waals surface area (Å²) in [5.74, 6) is 0. The quantitative estimate of drug-likeness (QED) is 0.374. The highest BCUT2D eigenvalue weighted by Crippen LogP contribution is 2.35. The molecule has 0 saturated carbocycles.